The first kappa shape index (κ1) is 17.6. The Morgan fingerprint density at radius 2 is 1.96 bits per heavy atom. The first-order chi connectivity index (χ1) is 11.9. The normalized spacial score (nSPS) is 13.4. The Kier molecular flexibility index (Phi) is 4.87. The number of halogens is 3. The predicted molar refractivity (Wildman–Crippen MR) is 88.4 cm³/mol. The second-order valence-corrected chi connectivity index (χ2v) is 6.45. The molecule has 0 bridgehead atoms. The number of rotatable bonds is 5. The highest BCUT2D eigenvalue weighted by atomic mass is 32.2. The molecule has 0 unspecified atom stereocenters. The van der Waals surface area contributed by atoms with Crippen LogP contribution in [0.2, 0.25) is 0 Å². The van der Waals surface area contributed by atoms with Crippen LogP contribution in [0.4, 0.5) is 13.2 Å². The predicted octanol–water partition coefficient (Wildman–Crippen LogP) is 3.98. The monoisotopic (exact) mass is 368 g/mol. The maximum Gasteiger partial charge on any atom is 0.408 e. The molecule has 0 amide bonds. The van der Waals surface area contributed by atoms with Crippen molar-refractivity contribution in [2.45, 2.75) is 17.2 Å². The molecule has 132 valence electrons. The van der Waals surface area contributed by atoms with Crippen LogP contribution in [-0.4, -0.2) is 39.0 Å². The average molecular weight is 368 g/mol. The number of benzene rings is 1. The molecule has 5 nitrogen and oxygen atoms in total. The van der Waals surface area contributed by atoms with Crippen molar-refractivity contribution in [3.8, 4) is 5.75 Å². The largest absolute Gasteiger partial charge is 0.497 e. The standard InChI is InChI=1S/C16H15F3N4OS/c1-22(25-14-10-23-8-7-20-9-13(23)21-14)15(16(17,18)19)11-3-5-12(24-2)6-4-11/h3-10,15H,1-2H3/t15-/m1/s1. The van der Waals surface area contributed by atoms with Crippen molar-refractivity contribution in [3.05, 3.63) is 54.6 Å². The fraction of sp³-hybridized carbons (Fsp3) is 0.250. The average Bonchev–Trinajstić information content (AvgIpc) is 2.96. The van der Waals surface area contributed by atoms with Gasteiger partial charge in [-0.3, -0.25) is 4.98 Å². The minimum atomic E-state index is -4.43. The first-order valence-corrected chi connectivity index (χ1v) is 8.06. The van der Waals surface area contributed by atoms with E-state index in [4.69, 9.17) is 4.74 Å². The number of aromatic nitrogens is 3. The molecular weight excluding hydrogens is 353 g/mol. The van der Waals surface area contributed by atoms with Crippen molar-refractivity contribution in [2.24, 2.45) is 0 Å². The van der Waals surface area contributed by atoms with Crippen LogP contribution in [0.25, 0.3) is 5.65 Å². The minimum absolute atomic E-state index is 0.133. The fourth-order valence-corrected chi connectivity index (χ4v) is 3.39. The summed E-state index contributed by atoms with van der Waals surface area (Å²) in [4.78, 5) is 8.22. The summed E-state index contributed by atoms with van der Waals surface area (Å²) in [6.07, 6.45) is 2.06. The molecule has 0 aliphatic heterocycles. The lowest BCUT2D eigenvalue weighted by Crippen LogP contribution is -2.31. The third kappa shape index (κ3) is 3.88. The van der Waals surface area contributed by atoms with Crippen molar-refractivity contribution in [1.29, 1.82) is 0 Å². The lowest BCUT2D eigenvalue weighted by molar-refractivity contribution is -0.169. The maximum atomic E-state index is 13.6. The Labute approximate surface area is 146 Å². The number of hydrogen-bond acceptors (Lipinski definition) is 5. The molecule has 3 rings (SSSR count). The molecule has 0 N–H and O–H groups in total. The van der Waals surface area contributed by atoms with Crippen LogP contribution in [-0.2, 0) is 0 Å². The summed E-state index contributed by atoms with van der Waals surface area (Å²) in [6, 6.07) is 4.10. The summed E-state index contributed by atoms with van der Waals surface area (Å²) in [7, 11) is 2.87. The topological polar surface area (TPSA) is 42.7 Å². The zero-order valence-corrected chi connectivity index (χ0v) is 14.3. The second-order valence-electron chi connectivity index (χ2n) is 5.28. The number of methoxy groups -OCH3 is 1. The van der Waals surface area contributed by atoms with Gasteiger partial charge in [-0.05, 0) is 36.7 Å². The molecule has 0 saturated heterocycles. The Balaban J connectivity index is 1.87. The molecule has 0 fully saturated rings. The summed E-state index contributed by atoms with van der Waals surface area (Å²) < 4.78 is 48.7. The highest BCUT2D eigenvalue weighted by Gasteiger charge is 2.44. The first-order valence-electron chi connectivity index (χ1n) is 7.28. The third-order valence-electron chi connectivity index (χ3n) is 3.58. The van der Waals surface area contributed by atoms with Gasteiger partial charge in [0.25, 0.3) is 0 Å². The maximum absolute atomic E-state index is 13.6. The number of imidazole rings is 1. The van der Waals surface area contributed by atoms with Crippen LogP contribution >= 0.6 is 11.9 Å². The third-order valence-corrected chi connectivity index (χ3v) is 4.47. The zero-order valence-electron chi connectivity index (χ0n) is 13.4. The van der Waals surface area contributed by atoms with Crippen LogP contribution in [0, 0.1) is 0 Å². The molecule has 9 heteroatoms. The molecule has 3 aromatic rings. The highest BCUT2D eigenvalue weighted by Crippen LogP contribution is 2.41. The lowest BCUT2D eigenvalue weighted by Gasteiger charge is -2.28. The quantitative estimate of drug-likeness (QED) is 0.638. The summed E-state index contributed by atoms with van der Waals surface area (Å²) in [5.41, 5.74) is 0.708. The van der Waals surface area contributed by atoms with Gasteiger partial charge in [-0.25, -0.2) is 9.29 Å². The van der Waals surface area contributed by atoms with E-state index in [2.05, 4.69) is 9.97 Å². The van der Waals surface area contributed by atoms with Gasteiger partial charge in [0.2, 0.25) is 0 Å². The number of hydrogen-bond donors (Lipinski definition) is 0. The minimum Gasteiger partial charge on any atom is -0.497 e. The Hall–Kier alpha value is -2.26. The van der Waals surface area contributed by atoms with Crippen molar-refractivity contribution >= 4 is 17.6 Å². The smallest absolute Gasteiger partial charge is 0.408 e. The molecule has 0 radical (unpaired) electrons. The number of ether oxygens (including phenoxy) is 1. The van der Waals surface area contributed by atoms with E-state index in [9.17, 15) is 13.2 Å². The van der Waals surface area contributed by atoms with Gasteiger partial charge >= 0.3 is 6.18 Å². The molecule has 1 atom stereocenters. The highest BCUT2D eigenvalue weighted by molar-refractivity contribution is 7.97. The van der Waals surface area contributed by atoms with E-state index in [1.807, 2.05) is 0 Å². The van der Waals surface area contributed by atoms with Gasteiger partial charge in [0.05, 0.1) is 13.3 Å². The molecule has 0 aliphatic rings. The van der Waals surface area contributed by atoms with E-state index >= 15 is 0 Å². The summed E-state index contributed by atoms with van der Waals surface area (Å²) >= 11 is 0.931. The Morgan fingerprint density at radius 1 is 1.24 bits per heavy atom. The van der Waals surface area contributed by atoms with E-state index in [1.54, 1.807) is 29.2 Å². The zero-order chi connectivity index (χ0) is 18.0. The van der Waals surface area contributed by atoms with E-state index in [0.717, 1.165) is 16.3 Å². The molecule has 2 heterocycles. The van der Waals surface area contributed by atoms with Gasteiger partial charge in [-0.1, -0.05) is 12.1 Å². The number of nitrogens with zero attached hydrogens (tertiary/aromatic N) is 4. The van der Waals surface area contributed by atoms with Crippen LogP contribution < -0.4 is 4.74 Å². The van der Waals surface area contributed by atoms with Gasteiger partial charge in [0, 0.05) is 18.6 Å². The summed E-state index contributed by atoms with van der Waals surface area (Å²) in [6.45, 7) is 0. The Bertz CT molecular complexity index is 817. The summed E-state index contributed by atoms with van der Waals surface area (Å²) in [5, 5.41) is 0.457. The molecule has 25 heavy (non-hydrogen) atoms. The van der Waals surface area contributed by atoms with Gasteiger partial charge < -0.3 is 9.14 Å². The van der Waals surface area contributed by atoms with Crippen LogP contribution in [0.3, 0.4) is 0 Å². The van der Waals surface area contributed by atoms with Crippen molar-refractivity contribution in [3.63, 3.8) is 0 Å². The van der Waals surface area contributed by atoms with Crippen molar-refractivity contribution in [1.82, 2.24) is 18.7 Å². The van der Waals surface area contributed by atoms with Gasteiger partial charge in [-0.15, -0.1) is 0 Å². The van der Waals surface area contributed by atoms with Crippen molar-refractivity contribution in [2.75, 3.05) is 14.2 Å². The molecule has 2 aromatic heterocycles. The van der Waals surface area contributed by atoms with Crippen molar-refractivity contribution < 1.29 is 17.9 Å². The van der Waals surface area contributed by atoms with Crippen LogP contribution in [0.5, 0.6) is 5.75 Å². The van der Waals surface area contributed by atoms with Crippen LogP contribution in [0.15, 0.2) is 54.1 Å². The second kappa shape index (κ2) is 6.93. The number of fused-ring (bicyclic) bond motifs is 1. The van der Waals surface area contributed by atoms with E-state index in [1.165, 1.54) is 38.4 Å². The Morgan fingerprint density at radius 3 is 2.56 bits per heavy atom. The van der Waals surface area contributed by atoms with Gasteiger partial charge in [0.1, 0.15) is 16.8 Å². The number of alkyl halides is 3. The van der Waals surface area contributed by atoms with Gasteiger partial charge in [-0.2, -0.15) is 13.2 Å². The van der Waals surface area contributed by atoms with E-state index in [0.29, 0.717) is 16.4 Å². The summed E-state index contributed by atoms with van der Waals surface area (Å²) in [5.74, 6) is 0.507. The lowest BCUT2D eigenvalue weighted by atomic mass is 10.1. The molecular formula is C16H15F3N4OS. The van der Waals surface area contributed by atoms with E-state index < -0.39 is 12.2 Å². The van der Waals surface area contributed by atoms with E-state index in [-0.39, 0.29) is 5.56 Å². The SMILES string of the molecule is COc1ccc([C@@H](N(C)Sc2cn3ccncc3n2)C(F)(F)F)cc1. The van der Waals surface area contributed by atoms with Crippen LogP contribution in [0.1, 0.15) is 11.6 Å². The fourth-order valence-electron chi connectivity index (χ4n) is 2.46. The molecule has 1 aromatic carbocycles. The molecule has 0 aliphatic carbocycles. The molecule has 0 spiro atoms. The molecule has 0 saturated carbocycles. The van der Waals surface area contributed by atoms with Gasteiger partial charge in [0.15, 0.2) is 5.65 Å².